The van der Waals surface area contributed by atoms with Crippen LogP contribution in [0, 0.1) is 0 Å². The van der Waals surface area contributed by atoms with Crippen molar-refractivity contribution in [2.75, 3.05) is 21.3 Å². The summed E-state index contributed by atoms with van der Waals surface area (Å²) in [5.41, 5.74) is 4.14. The van der Waals surface area contributed by atoms with Gasteiger partial charge in [-0.05, 0) is 22.8 Å². The Morgan fingerprint density at radius 1 is 0.654 bits per heavy atom. The second kappa shape index (κ2) is 8.26. The average Bonchev–Trinajstić information content (AvgIpc) is 2.72. The minimum Gasteiger partial charge on any atom is -0.493 e. The maximum atomic E-state index is 5.72. The Bertz CT molecular complexity index is 884. The molecule has 0 saturated heterocycles. The molecule has 0 N–H and O–H groups in total. The van der Waals surface area contributed by atoms with Crippen LogP contribution < -0.4 is 14.2 Å². The van der Waals surface area contributed by atoms with Gasteiger partial charge in [0.25, 0.3) is 0 Å². The molecule has 0 radical (unpaired) electrons. The van der Waals surface area contributed by atoms with Crippen LogP contribution in [0.15, 0.2) is 66.7 Å². The van der Waals surface area contributed by atoms with Gasteiger partial charge in [0, 0.05) is 5.56 Å². The minimum absolute atomic E-state index is 0.589. The standard InChI is InChI=1S/C23H22O3/c1-24-20-16-19(15-14-17-10-6-4-7-11-17)21(18-12-8-5-9-13-18)23(26-3)22(20)25-2/h4-16H,1-3H3. The molecule has 0 saturated carbocycles. The zero-order valence-corrected chi connectivity index (χ0v) is 15.2. The molecule has 0 heterocycles. The van der Waals surface area contributed by atoms with Crippen LogP contribution in [-0.2, 0) is 0 Å². The van der Waals surface area contributed by atoms with Gasteiger partial charge in [-0.2, -0.15) is 0 Å². The van der Waals surface area contributed by atoms with E-state index in [2.05, 4.69) is 36.4 Å². The molecule has 0 unspecified atom stereocenters. The summed E-state index contributed by atoms with van der Waals surface area (Å²) in [6, 6.07) is 22.3. The van der Waals surface area contributed by atoms with Crippen LogP contribution in [0.25, 0.3) is 23.3 Å². The van der Waals surface area contributed by atoms with Gasteiger partial charge in [0.2, 0.25) is 5.75 Å². The van der Waals surface area contributed by atoms with Crippen molar-refractivity contribution in [2.24, 2.45) is 0 Å². The predicted octanol–water partition coefficient (Wildman–Crippen LogP) is 5.55. The zero-order chi connectivity index (χ0) is 18.4. The van der Waals surface area contributed by atoms with Crippen molar-refractivity contribution in [3.05, 3.63) is 77.9 Å². The molecule has 0 aliphatic rings. The van der Waals surface area contributed by atoms with Crippen molar-refractivity contribution < 1.29 is 14.2 Å². The number of rotatable bonds is 6. The Hall–Kier alpha value is -3.20. The highest BCUT2D eigenvalue weighted by atomic mass is 16.5. The van der Waals surface area contributed by atoms with Gasteiger partial charge in [-0.3, -0.25) is 0 Å². The molecule has 0 fully saturated rings. The Morgan fingerprint density at radius 2 is 1.27 bits per heavy atom. The third-order valence-electron chi connectivity index (χ3n) is 4.18. The summed E-state index contributed by atoms with van der Waals surface area (Å²) in [4.78, 5) is 0. The summed E-state index contributed by atoms with van der Waals surface area (Å²) in [6.45, 7) is 0. The number of methoxy groups -OCH3 is 3. The van der Waals surface area contributed by atoms with Crippen LogP contribution in [0.3, 0.4) is 0 Å². The van der Waals surface area contributed by atoms with Gasteiger partial charge in [0.15, 0.2) is 11.5 Å². The highest BCUT2D eigenvalue weighted by Crippen LogP contribution is 2.47. The highest BCUT2D eigenvalue weighted by molar-refractivity contribution is 5.88. The fraction of sp³-hybridized carbons (Fsp3) is 0.130. The molecule has 132 valence electrons. The van der Waals surface area contributed by atoms with E-state index in [0.29, 0.717) is 17.2 Å². The van der Waals surface area contributed by atoms with E-state index in [-0.39, 0.29) is 0 Å². The molecule has 3 heteroatoms. The molecule has 0 atom stereocenters. The molecule has 0 spiro atoms. The number of ether oxygens (including phenoxy) is 3. The summed E-state index contributed by atoms with van der Waals surface area (Å²) in [7, 11) is 4.90. The summed E-state index contributed by atoms with van der Waals surface area (Å²) < 4.78 is 16.8. The lowest BCUT2D eigenvalue weighted by atomic mass is 9.96. The second-order valence-electron chi connectivity index (χ2n) is 5.72. The zero-order valence-electron chi connectivity index (χ0n) is 15.2. The average molecular weight is 346 g/mol. The highest BCUT2D eigenvalue weighted by Gasteiger charge is 2.20. The van der Waals surface area contributed by atoms with Gasteiger partial charge >= 0.3 is 0 Å². The summed E-state index contributed by atoms with van der Waals surface area (Å²) in [5.74, 6) is 1.88. The molecule has 3 aromatic rings. The number of hydrogen-bond donors (Lipinski definition) is 0. The van der Waals surface area contributed by atoms with Crippen molar-refractivity contribution in [3.63, 3.8) is 0 Å². The predicted molar refractivity (Wildman–Crippen MR) is 107 cm³/mol. The maximum absolute atomic E-state index is 5.72. The Morgan fingerprint density at radius 3 is 1.85 bits per heavy atom. The van der Waals surface area contributed by atoms with Gasteiger partial charge in [0.1, 0.15) is 0 Å². The van der Waals surface area contributed by atoms with Crippen molar-refractivity contribution >= 4 is 12.2 Å². The Kier molecular flexibility index (Phi) is 5.59. The monoisotopic (exact) mass is 346 g/mol. The van der Waals surface area contributed by atoms with Crippen LogP contribution in [0.4, 0.5) is 0 Å². The molecule has 0 amide bonds. The van der Waals surface area contributed by atoms with Gasteiger partial charge in [-0.15, -0.1) is 0 Å². The van der Waals surface area contributed by atoms with E-state index in [4.69, 9.17) is 14.2 Å². The SMILES string of the molecule is COc1cc(C=Cc2ccccc2)c(-c2ccccc2)c(OC)c1OC. The topological polar surface area (TPSA) is 27.7 Å². The first-order valence-electron chi connectivity index (χ1n) is 8.40. The molecule has 0 aromatic heterocycles. The Labute approximate surface area is 154 Å². The van der Waals surface area contributed by atoms with Crippen LogP contribution in [0.2, 0.25) is 0 Å². The third-order valence-corrected chi connectivity index (χ3v) is 4.18. The van der Waals surface area contributed by atoms with Gasteiger partial charge < -0.3 is 14.2 Å². The van der Waals surface area contributed by atoms with Gasteiger partial charge in [-0.25, -0.2) is 0 Å². The van der Waals surface area contributed by atoms with E-state index in [0.717, 1.165) is 22.3 Å². The number of benzene rings is 3. The lowest BCUT2D eigenvalue weighted by Crippen LogP contribution is -1.99. The fourth-order valence-corrected chi connectivity index (χ4v) is 2.96. The van der Waals surface area contributed by atoms with Gasteiger partial charge in [0.05, 0.1) is 21.3 Å². The van der Waals surface area contributed by atoms with E-state index in [9.17, 15) is 0 Å². The summed E-state index contributed by atoms with van der Waals surface area (Å²) in [6.07, 6.45) is 4.15. The van der Waals surface area contributed by atoms with E-state index < -0.39 is 0 Å². The normalized spacial score (nSPS) is 10.7. The van der Waals surface area contributed by atoms with Crippen molar-refractivity contribution in [1.29, 1.82) is 0 Å². The molecular formula is C23H22O3. The summed E-state index contributed by atoms with van der Waals surface area (Å²) in [5, 5.41) is 0. The second-order valence-corrected chi connectivity index (χ2v) is 5.72. The molecule has 0 bridgehead atoms. The van der Waals surface area contributed by atoms with E-state index in [1.54, 1.807) is 21.3 Å². The smallest absolute Gasteiger partial charge is 0.203 e. The molecular weight excluding hydrogens is 324 g/mol. The lowest BCUT2D eigenvalue weighted by Gasteiger charge is -2.18. The van der Waals surface area contributed by atoms with E-state index in [1.807, 2.05) is 42.5 Å². The largest absolute Gasteiger partial charge is 0.493 e. The quantitative estimate of drug-likeness (QED) is 0.548. The van der Waals surface area contributed by atoms with Gasteiger partial charge in [-0.1, -0.05) is 72.8 Å². The first-order valence-corrected chi connectivity index (χ1v) is 8.40. The first-order chi connectivity index (χ1) is 12.8. The summed E-state index contributed by atoms with van der Waals surface area (Å²) >= 11 is 0. The van der Waals surface area contributed by atoms with Crippen molar-refractivity contribution in [1.82, 2.24) is 0 Å². The molecule has 3 aromatic carbocycles. The number of hydrogen-bond acceptors (Lipinski definition) is 3. The van der Waals surface area contributed by atoms with Crippen LogP contribution in [0.5, 0.6) is 17.2 Å². The fourth-order valence-electron chi connectivity index (χ4n) is 2.96. The lowest BCUT2D eigenvalue weighted by molar-refractivity contribution is 0.325. The maximum Gasteiger partial charge on any atom is 0.203 e. The first kappa shape index (κ1) is 17.6. The molecule has 0 aliphatic carbocycles. The molecule has 26 heavy (non-hydrogen) atoms. The van der Waals surface area contributed by atoms with E-state index >= 15 is 0 Å². The van der Waals surface area contributed by atoms with Crippen molar-refractivity contribution in [2.45, 2.75) is 0 Å². The molecule has 0 aliphatic heterocycles. The van der Waals surface area contributed by atoms with Crippen molar-refractivity contribution in [3.8, 4) is 28.4 Å². The van der Waals surface area contributed by atoms with Crippen LogP contribution in [0.1, 0.15) is 11.1 Å². The third kappa shape index (κ3) is 3.57. The van der Waals surface area contributed by atoms with E-state index in [1.165, 1.54) is 0 Å². The van der Waals surface area contributed by atoms with Crippen LogP contribution in [-0.4, -0.2) is 21.3 Å². The Balaban J connectivity index is 2.22. The molecule has 3 rings (SSSR count). The van der Waals surface area contributed by atoms with Crippen LogP contribution >= 0.6 is 0 Å². The minimum atomic E-state index is 0.589. The molecule has 3 nitrogen and oxygen atoms in total.